The van der Waals surface area contributed by atoms with E-state index >= 15 is 0 Å². The molecule has 2 aromatic rings. The molecule has 0 atom stereocenters. The number of carbonyl (C=O) groups excluding carboxylic acids is 1. The van der Waals surface area contributed by atoms with E-state index in [4.69, 9.17) is 21.2 Å². The van der Waals surface area contributed by atoms with Crippen molar-refractivity contribution in [3.63, 3.8) is 0 Å². The second kappa shape index (κ2) is 5.73. The van der Waals surface area contributed by atoms with Crippen LogP contribution in [0.3, 0.4) is 0 Å². The Labute approximate surface area is 115 Å². The van der Waals surface area contributed by atoms with E-state index in [-0.39, 0.29) is 0 Å². The summed E-state index contributed by atoms with van der Waals surface area (Å²) in [6.45, 7) is 1.93. The molecule has 0 fully saturated rings. The molecule has 1 amide bonds. The fraction of sp³-hybridized carbons (Fsp3) is 0.0714. The molecule has 0 bridgehead atoms. The van der Waals surface area contributed by atoms with Crippen LogP contribution in [0.2, 0.25) is 5.02 Å². The molecule has 2 rings (SSSR count). The van der Waals surface area contributed by atoms with E-state index in [1.165, 1.54) is 17.6 Å². The fourth-order valence-corrected chi connectivity index (χ4v) is 1.72. The van der Waals surface area contributed by atoms with Crippen molar-refractivity contribution in [2.45, 2.75) is 6.92 Å². The number of benzene rings is 1. The summed E-state index contributed by atoms with van der Waals surface area (Å²) in [5.41, 5.74) is 3.36. The topological polar surface area (TPSA) is 62.5 Å². The second-order valence-corrected chi connectivity index (χ2v) is 4.38. The molecule has 0 aliphatic heterocycles. The minimum atomic E-state index is -0.615. The van der Waals surface area contributed by atoms with Crippen LogP contribution in [0.15, 0.2) is 40.8 Å². The number of halogens is 1. The molecule has 0 radical (unpaired) electrons. The van der Waals surface area contributed by atoms with Gasteiger partial charge in [-0.3, -0.25) is 10.0 Å². The van der Waals surface area contributed by atoms with Crippen molar-refractivity contribution < 1.29 is 14.4 Å². The third-order valence-corrected chi connectivity index (χ3v) is 3.00. The third-order valence-electron chi connectivity index (χ3n) is 2.59. The monoisotopic (exact) mass is 277 g/mol. The average Bonchev–Trinajstić information content (AvgIpc) is 2.88. The van der Waals surface area contributed by atoms with Crippen molar-refractivity contribution in [3.05, 3.63) is 52.8 Å². The average molecular weight is 278 g/mol. The van der Waals surface area contributed by atoms with Crippen molar-refractivity contribution in [1.82, 2.24) is 5.48 Å². The van der Waals surface area contributed by atoms with E-state index in [0.29, 0.717) is 16.5 Å². The summed E-state index contributed by atoms with van der Waals surface area (Å²) in [6, 6.07) is 9.16. The molecule has 1 aromatic heterocycles. The lowest BCUT2D eigenvalue weighted by atomic mass is 10.1. The van der Waals surface area contributed by atoms with Gasteiger partial charge in [-0.05, 0) is 36.8 Å². The molecule has 98 valence electrons. The first-order valence-electron chi connectivity index (χ1n) is 5.58. The van der Waals surface area contributed by atoms with Gasteiger partial charge in [-0.1, -0.05) is 23.7 Å². The molecular formula is C14H12ClNO3. The highest BCUT2D eigenvalue weighted by Gasteiger charge is 2.05. The van der Waals surface area contributed by atoms with Crippen molar-refractivity contribution in [3.8, 4) is 11.3 Å². The number of aryl methyl sites for hydroxylation is 1. The van der Waals surface area contributed by atoms with Crippen LogP contribution >= 0.6 is 11.6 Å². The highest BCUT2D eigenvalue weighted by Crippen LogP contribution is 2.27. The molecule has 4 nitrogen and oxygen atoms in total. The number of hydroxylamine groups is 1. The Bertz CT molecular complexity index is 631. The molecular weight excluding hydrogens is 266 g/mol. The largest absolute Gasteiger partial charge is 0.457 e. The van der Waals surface area contributed by atoms with Gasteiger partial charge in [-0.25, -0.2) is 5.48 Å². The minimum absolute atomic E-state index is 0.510. The Morgan fingerprint density at radius 1 is 1.37 bits per heavy atom. The van der Waals surface area contributed by atoms with Gasteiger partial charge in [0.2, 0.25) is 0 Å². The Kier molecular flexibility index (Phi) is 4.04. The number of furan rings is 1. The zero-order valence-electron chi connectivity index (χ0n) is 10.2. The van der Waals surface area contributed by atoms with Crippen molar-refractivity contribution in [1.29, 1.82) is 0 Å². The summed E-state index contributed by atoms with van der Waals surface area (Å²) in [4.78, 5) is 10.8. The number of carbonyl (C=O) groups is 1. The lowest BCUT2D eigenvalue weighted by Crippen LogP contribution is -2.14. The van der Waals surface area contributed by atoms with Crippen LogP contribution < -0.4 is 5.48 Å². The van der Waals surface area contributed by atoms with E-state index in [1.807, 2.05) is 25.1 Å². The molecule has 0 saturated carbocycles. The van der Waals surface area contributed by atoms with E-state index in [2.05, 4.69) is 0 Å². The Morgan fingerprint density at radius 2 is 2.16 bits per heavy atom. The summed E-state index contributed by atoms with van der Waals surface area (Å²) in [5, 5.41) is 9.03. The Balaban J connectivity index is 2.23. The summed E-state index contributed by atoms with van der Waals surface area (Å²) in [5.74, 6) is 0.553. The zero-order chi connectivity index (χ0) is 13.8. The van der Waals surface area contributed by atoms with Gasteiger partial charge in [0.25, 0.3) is 5.91 Å². The molecule has 2 N–H and O–H groups in total. The van der Waals surface area contributed by atoms with Crippen molar-refractivity contribution in [2.24, 2.45) is 0 Å². The summed E-state index contributed by atoms with van der Waals surface area (Å²) in [7, 11) is 0. The number of amides is 1. The SMILES string of the molecule is Cc1ccc(-c2ccc(/C=C/C(=O)NO)o2)cc1Cl. The molecule has 0 aliphatic rings. The number of hydrogen-bond acceptors (Lipinski definition) is 3. The number of rotatable bonds is 3. The number of hydrogen-bond donors (Lipinski definition) is 2. The van der Waals surface area contributed by atoms with Crippen molar-refractivity contribution in [2.75, 3.05) is 0 Å². The van der Waals surface area contributed by atoms with Gasteiger partial charge in [0, 0.05) is 16.7 Å². The van der Waals surface area contributed by atoms with Gasteiger partial charge < -0.3 is 4.42 Å². The van der Waals surface area contributed by atoms with Crippen LogP contribution in [0.4, 0.5) is 0 Å². The maximum atomic E-state index is 10.8. The highest BCUT2D eigenvalue weighted by molar-refractivity contribution is 6.31. The van der Waals surface area contributed by atoms with Crippen LogP contribution in [0.5, 0.6) is 0 Å². The molecule has 0 spiro atoms. The lowest BCUT2D eigenvalue weighted by Gasteiger charge is -2.00. The Hall–Kier alpha value is -2.04. The quantitative estimate of drug-likeness (QED) is 0.513. The van der Waals surface area contributed by atoms with Gasteiger partial charge in [-0.2, -0.15) is 0 Å². The van der Waals surface area contributed by atoms with Gasteiger partial charge in [0.15, 0.2) is 0 Å². The van der Waals surface area contributed by atoms with Crippen LogP contribution in [0.1, 0.15) is 11.3 Å². The smallest absolute Gasteiger partial charge is 0.267 e. The van der Waals surface area contributed by atoms with E-state index in [9.17, 15) is 4.79 Å². The van der Waals surface area contributed by atoms with Crippen LogP contribution in [0.25, 0.3) is 17.4 Å². The minimum Gasteiger partial charge on any atom is -0.457 e. The van der Waals surface area contributed by atoms with Gasteiger partial charge in [-0.15, -0.1) is 0 Å². The van der Waals surface area contributed by atoms with E-state index in [0.717, 1.165) is 11.1 Å². The highest BCUT2D eigenvalue weighted by atomic mass is 35.5. The predicted octanol–water partition coefficient (Wildman–Crippen LogP) is 3.43. The molecule has 0 saturated heterocycles. The first-order valence-corrected chi connectivity index (χ1v) is 5.96. The summed E-state index contributed by atoms with van der Waals surface area (Å²) >= 11 is 6.06. The zero-order valence-corrected chi connectivity index (χ0v) is 10.9. The first-order chi connectivity index (χ1) is 9.10. The predicted molar refractivity (Wildman–Crippen MR) is 72.9 cm³/mol. The second-order valence-electron chi connectivity index (χ2n) is 3.98. The van der Waals surface area contributed by atoms with E-state index in [1.54, 1.807) is 12.1 Å². The maximum absolute atomic E-state index is 10.8. The summed E-state index contributed by atoms with van der Waals surface area (Å²) < 4.78 is 5.55. The van der Waals surface area contributed by atoms with Crippen LogP contribution in [-0.2, 0) is 4.79 Å². The van der Waals surface area contributed by atoms with Gasteiger partial charge in [0.05, 0.1) is 0 Å². The molecule has 0 unspecified atom stereocenters. The van der Waals surface area contributed by atoms with Crippen LogP contribution in [0, 0.1) is 6.92 Å². The van der Waals surface area contributed by atoms with E-state index < -0.39 is 5.91 Å². The standard InChI is InChI=1S/C14H12ClNO3/c1-9-2-3-10(8-12(9)15)13-6-4-11(19-13)5-7-14(17)16-18/h2-8,18H,1H3,(H,16,17)/b7-5+. The lowest BCUT2D eigenvalue weighted by molar-refractivity contribution is -0.124. The van der Waals surface area contributed by atoms with Crippen molar-refractivity contribution >= 4 is 23.6 Å². The number of nitrogens with one attached hydrogen (secondary N) is 1. The molecule has 1 aromatic carbocycles. The van der Waals surface area contributed by atoms with Crippen LogP contribution in [-0.4, -0.2) is 11.1 Å². The molecule has 5 heteroatoms. The molecule has 19 heavy (non-hydrogen) atoms. The maximum Gasteiger partial charge on any atom is 0.267 e. The normalized spacial score (nSPS) is 10.9. The molecule has 0 aliphatic carbocycles. The first kappa shape index (κ1) is 13.4. The third kappa shape index (κ3) is 3.24. The Morgan fingerprint density at radius 3 is 2.84 bits per heavy atom. The van der Waals surface area contributed by atoms with Gasteiger partial charge >= 0.3 is 0 Å². The van der Waals surface area contributed by atoms with Gasteiger partial charge in [0.1, 0.15) is 11.5 Å². The summed E-state index contributed by atoms with van der Waals surface area (Å²) in [6.07, 6.45) is 2.63. The fourth-order valence-electron chi connectivity index (χ4n) is 1.54. The molecule has 1 heterocycles.